The minimum absolute atomic E-state index is 0.151. The van der Waals surface area contributed by atoms with E-state index in [2.05, 4.69) is 28.1 Å². The van der Waals surface area contributed by atoms with Gasteiger partial charge in [0.25, 0.3) is 0 Å². The second kappa shape index (κ2) is 9.05. The van der Waals surface area contributed by atoms with Crippen LogP contribution in [0.4, 0.5) is 9.93 Å². The zero-order chi connectivity index (χ0) is 24.9. The van der Waals surface area contributed by atoms with Gasteiger partial charge in [-0.1, -0.05) is 41.7 Å². The van der Waals surface area contributed by atoms with E-state index in [0.717, 1.165) is 56.7 Å². The standard InChI is InChI=1S/C27H28N4O3S2/c1-27(2,3)34-26(32)31-18-13-19(31)15-30(14-18)25-29-22-20(24-28-11-12-35-24)9-10-21(23(22)36-25)33-16-17-7-5-4-6-8-17/h4-12,18-19H,13-16H2,1-3H3. The average Bonchev–Trinajstić information content (AvgIpc) is 3.53. The Morgan fingerprint density at radius 3 is 2.58 bits per heavy atom. The number of aromatic nitrogens is 2. The van der Waals surface area contributed by atoms with Crippen molar-refractivity contribution in [1.29, 1.82) is 0 Å². The fraction of sp³-hybridized carbons (Fsp3) is 0.370. The summed E-state index contributed by atoms with van der Waals surface area (Å²) in [5.41, 5.74) is 2.57. The number of rotatable bonds is 5. The van der Waals surface area contributed by atoms with E-state index in [1.165, 1.54) is 0 Å². The largest absolute Gasteiger partial charge is 0.487 e. The van der Waals surface area contributed by atoms with Crippen LogP contribution in [0.15, 0.2) is 54.0 Å². The Kier molecular flexibility index (Phi) is 5.84. The first kappa shape index (κ1) is 23.2. The highest BCUT2D eigenvalue weighted by Gasteiger charge is 2.49. The Labute approximate surface area is 218 Å². The molecule has 0 N–H and O–H groups in total. The molecule has 0 aliphatic carbocycles. The predicted molar refractivity (Wildman–Crippen MR) is 144 cm³/mol. The van der Waals surface area contributed by atoms with Crippen LogP contribution in [-0.4, -0.2) is 51.7 Å². The van der Waals surface area contributed by atoms with Gasteiger partial charge in [0.1, 0.15) is 23.0 Å². The number of carbonyl (C=O) groups excluding carboxylic acids is 1. The van der Waals surface area contributed by atoms with Crippen LogP contribution in [0.25, 0.3) is 20.8 Å². The summed E-state index contributed by atoms with van der Waals surface area (Å²) in [6.07, 6.45) is 2.62. The monoisotopic (exact) mass is 520 g/mol. The Balaban J connectivity index is 1.28. The van der Waals surface area contributed by atoms with Crippen molar-refractivity contribution < 1.29 is 14.3 Å². The van der Waals surface area contributed by atoms with Crippen molar-refractivity contribution in [2.24, 2.45) is 0 Å². The summed E-state index contributed by atoms with van der Waals surface area (Å²) in [5.74, 6) is 0.829. The van der Waals surface area contributed by atoms with Crippen molar-refractivity contribution >= 4 is 44.1 Å². The third-order valence-electron chi connectivity index (χ3n) is 6.46. The summed E-state index contributed by atoms with van der Waals surface area (Å²) >= 11 is 3.26. The van der Waals surface area contributed by atoms with Gasteiger partial charge in [0.05, 0.1) is 22.3 Å². The zero-order valence-electron chi connectivity index (χ0n) is 20.5. The van der Waals surface area contributed by atoms with Crippen LogP contribution in [-0.2, 0) is 11.3 Å². The van der Waals surface area contributed by atoms with Crippen LogP contribution < -0.4 is 9.64 Å². The fourth-order valence-electron chi connectivity index (χ4n) is 4.86. The number of nitrogens with zero attached hydrogens (tertiary/aromatic N) is 4. The first-order valence-corrected chi connectivity index (χ1v) is 13.8. The lowest BCUT2D eigenvalue weighted by molar-refractivity contribution is -0.0379. The van der Waals surface area contributed by atoms with Gasteiger partial charge < -0.3 is 14.4 Å². The van der Waals surface area contributed by atoms with Gasteiger partial charge >= 0.3 is 6.09 Å². The lowest BCUT2D eigenvalue weighted by Gasteiger charge is -2.55. The number of piperidine rings is 1. The molecule has 7 nitrogen and oxygen atoms in total. The van der Waals surface area contributed by atoms with E-state index in [1.807, 2.05) is 61.5 Å². The quantitative estimate of drug-likeness (QED) is 0.312. The molecule has 3 saturated heterocycles. The summed E-state index contributed by atoms with van der Waals surface area (Å²) < 4.78 is 12.9. The second-order valence-corrected chi connectivity index (χ2v) is 12.1. The Hall–Kier alpha value is -3.17. The first-order chi connectivity index (χ1) is 17.4. The topological polar surface area (TPSA) is 67.8 Å². The number of fused-ring (bicyclic) bond motifs is 3. The van der Waals surface area contributed by atoms with E-state index in [1.54, 1.807) is 22.7 Å². The number of amides is 1. The molecule has 2 aromatic heterocycles. The SMILES string of the molecule is CC(C)(C)OC(=O)N1C2CC1CN(c1nc3c(-c4nccs4)ccc(OCc4ccccc4)c3s1)C2. The molecule has 3 aliphatic heterocycles. The number of anilines is 1. The van der Waals surface area contributed by atoms with Crippen molar-refractivity contribution in [2.75, 3.05) is 18.0 Å². The van der Waals surface area contributed by atoms with E-state index in [9.17, 15) is 4.79 Å². The van der Waals surface area contributed by atoms with E-state index in [4.69, 9.17) is 14.5 Å². The van der Waals surface area contributed by atoms with Gasteiger partial charge in [0.2, 0.25) is 0 Å². The molecule has 7 rings (SSSR count). The highest BCUT2D eigenvalue weighted by Crippen LogP contribution is 2.43. The lowest BCUT2D eigenvalue weighted by atomic mass is 9.88. The third-order valence-corrected chi connectivity index (χ3v) is 8.40. The Morgan fingerprint density at radius 1 is 1.11 bits per heavy atom. The van der Waals surface area contributed by atoms with Crippen molar-refractivity contribution in [3.63, 3.8) is 0 Å². The second-order valence-electron chi connectivity index (χ2n) is 10.2. The van der Waals surface area contributed by atoms with E-state index in [0.29, 0.717) is 6.61 Å². The Bertz CT molecular complexity index is 1370. The molecule has 0 saturated carbocycles. The van der Waals surface area contributed by atoms with Crippen LogP contribution >= 0.6 is 22.7 Å². The number of hydrogen-bond acceptors (Lipinski definition) is 8. The molecule has 9 heteroatoms. The minimum atomic E-state index is -0.490. The summed E-state index contributed by atoms with van der Waals surface area (Å²) in [6.45, 7) is 7.73. The number of piperazine rings is 1. The average molecular weight is 521 g/mol. The molecule has 2 atom stereocenters. The molecule has 4 aromatic rings. The maximum atomic E-state index is 12.7. The van der Waals surface area contributed by atoms with Crippen molar-refractivity contribution in [3.05, 3.63) is 59.6 Å². The molecule has 186 valence electrons. The van der Waals surface area contributed by atoms with E-state index >= 15 is 0 Å². The van der Waals surface area contributed by atoms with Crippen LogP contribution in [0, 0.1) is 0 Å². The maximum absolute atomic E-state index is 12.7. The molecular formula is C27H28N4O3S2. The van der Waals surface area contributed by atoms with Crippen LogP contribution in [0.1, 0.15) is 32.8 Å². The molecule has 5 heterocycles. The van der Waals surface area contributed by atoms with Gasteiger partial charge in [-0.15, -0.1) is 11.3 Å². The molecular weight excluding hydrogens is 492 g/mol. The summed E-state index contributed by atoms with van der Waals surface area (Å²) in [7, 11) is 0. The highest BCUT2D eigenvalue weighted by molar-refractivity contribution is 7.22. The fourth-order valence-corrected chi connectivity index (χ4v) is 6.61. The number of thiazole rings is 2. The molecule has 2 unspecified atom stereocenters. The zero-order valence-corrected chi connectivity index (χ0v) is 22.1. The summed E-state index contributed by atoms with van der Waals surface area (Å²) in [5, 5.41) is 3.89. The molecule has 3 fully saturated rings. The smallest absolute Gasteiger partial charge is 0.410 e. The van der Waals surface area contributed by atoms with Gasteiger partial charge in [0.15, 0.2) is 5.13 Å². The van der Waals surface area contributed by atoms with Gasteiger partial charge in [-0.25, -0.2) is 14.8 Å². The third kappa shape index (κ3) is 4.41. The molecule has 1 amide bonds. The van der Waals surface area contributed by atoms with Crippen molar-refractivity contribution in [1.82, 2.24) is 14.9 Å². The molecule has 0 radical (unpaired) electrons. The minimum Gasteiger partial charge on any atom is -0.487 e. The van der Waals surface area contributed by atoms with Crippen molar-refractivity contribution in [2.45, 2.75) is 51.5 Å². The Morgan fingerprint density at radius 2 is 1.89 bits per heavy atom. The highest BCUT2D eigenvalue weighted by atomic mass is 32.1. The molecule has 3 aliphatic rings. The number of carbonyl (C=O) groups is 1. The van der Waals surface area contributed by atoms with Crippen LogP contribution in [0.5, 0.6) is 5.75 Å². The summed E-state index contributed by atoms with van der Waals surface area (Å²) in [6, 6.07) is 14.6. The van der Waals surface area contributed by atoms with Gasteiger partial charge in [-0.05, 0) is 44.9 Å². The van der Waals surface area contributed by atoms with Crippen LogP contribution in [0.3, 0.4) is 0 Å². The summed E-state index contributed by atoms with van der Waals surface area (Å²) in [4.78, 5) is 26.5. The molecule has 0 spiro atoms. The molecule has 36 heavy (non-hydrogen) atoms. The lowest BCUT2D eigenvalue weighted by Crippen LogP contribution is -2.70. The number of benzene rings is 2. The van der Waals surface area contributed by atoms with E-state index < -0.39 is 5.60 Å². The van der Waals surface area contributed by atoms with Crippen LogP contribution in [0.2, 0.25) is 0 Å². The van der Waals surface area contributed by atoms with Gasteiger partial charge in [-0.2, -0.15) is 0 Å². The maximum Gasteiger partial charge on any atom is 0.410 e. The predicted octanol–water partition coefficient (Wildman–Crippen LogP) is 6.20. The van der Waals surface area contributed by atoms with Gasteiger partial charge in [0, 0.05) is 30.2 Å². The number of hydrogen-bond donors (Lipinski definition) is 0. The van der Waals surface area contributed by atoms with Crippen molar-refractivity contribution in [3.8, 4) is 16.3 Å². The first-order valence-electron chi connectivity index (χ1n) is 12.1. The number of ether oxygens (including phenoxy) is 2. The van der Waals surface area contributed by atoms with Gasteiger partial charge in [-0.3, -0.25) is 4.90 Å². The molecule has 2 bridgehead atoms. The normalized spacial score (nSPS) is 19.3. The molecule has 2 aromatic carbocycles. The van der Waals surface area contributed by atoms with E-state index in [-0.39, 0.29) is 18.2 Å².